The molecule has 1 amide bonds. The van der Waals surface area contributed by atoms with E-state index >= 15 is 0 Å². The van der Waals surface area contributed by atoms with E-state index in [9.17, 15) is 9.59 Å². The van der Waals surface area contributed by atoms with E-state index in [2.05, 4.69) is 10.3 Å². The monoisotopic (exact) mass is 390 g/mol. The normalized spacial score (nSPS) is 10.4. The third kappa shape index (κ3) is 5.39. The van der Waals surface area contributed by atoms with Gasteiger partial charge in [-0.2, -0.15) is 0 Å². The first-order valence-electron chi connectivity index (χ1n) is 6.50. The molecule has 1 N–H and O–H groups in total. The second kappa shape index (κ2) is 8.54. The number of thioether (sulfide) groups is 1. The number of carbonyl (C=O) groups is 2. The molecule has 2 rings (SSSR count). The molecule has 1 heterocycles. The zero-order valence-electron chi connectivity index (χ0n) is 12.0. The fourth-order valence-electron chi connectivity index (χ4n) is 1.52. The highest BCUT2D eigenvalue weighted by molar-refractivity contribution is 8.00. The molecule has 0 aliphatic rings. The second-order valence-electron chi connectivity index (χ2n) is 4.17. The van der Waals surface area contributed by atoms with Crippen LogP contribution >= 0.6 is 46.3 Å². The van der Waals surface area contributed by atoms with Gasteiger partial charge < -0.3 is 10.1 Å². The lowest BCUT2D eigenvalue weighted by Gasteiger charge is -2.04. The number of amides is 1. The summed E-state index contributed by atoms with van der Waals surface area (Å²) in [6.45, 7) is 1.99. The highest BCUT2D eigenvalue weighted by Gasteiger charge is 2.13. The molecule has 0 fully saturated rings. The van der Waals surface area contributed by atoms with E-state index in [1.54, 1.807) is 25.1 Å². The van der Waals surface area contributed by atoms with Crippen LogP contribution in [0, 0.1) is 0 Å². The molecule has 5 nitrogen and oxygen atoms in total. The molecule has 9 heteroatoms. The number of hydrogen-bond acceptors (Lipinski definition) is 6. The van der Waals surface area contributed by atoms with Gasteiger partial charge in [0.25, 0.3) is 0 Å². The van der Waals surface area contributed by atoms with Gasteiger partial charge in [0.1, 0.15) is 0 Å². The average Bonchev–Trinajstić information content (AvgIpc) is 2.97. The van der Waals surface area contributed by atoms with Crippen molar-refractivity contribution in [3.05, 3.63) is 39.3 Å². The average molecular weight is 391 g/mol. The standard InChI is InChI=1S/C14H12Cl2N2O3S2/c1-2-21-13(20)10-6-23-14(17-10)18-12(19)7-22-11-5-8(15)3-4-9(11)16/h3-6H,2,7H2,1H3,(H,17,18,19). The van der Waals surface area contributed by atoms with Crippen LogP contribution in [0.3, 0.4) is 0 Å². The molecule has 0 unspecified atom stereocenters. The van der Waals surface area contributed by atoms with Crippen LogP contribution in [0.2, 0.25) is 10.0 Å². The molecule has 1 aromatic carbocycles. The number of esters is 1. The van der Waals surface area contributed by atoms with E-state index in [1.165, 1.54) is 17.1 Å². The van der Waals surface area contributed by atoms with E-state index in [0.29, 0.717) is 15.2 Å². The van der Waals surface area contributed by atoms with Gasteiger partial charge in [-0.25, -0.2) is 9.78 Å². The van der Waals surface area contributed by atoms with Crippen molar-refractivity contribution < 1.29 is 14.3 Å². The molecule has 122 valence electrons. The summed E-state index contributed by atoms with van der Waals surface area (Å²) in [4.78, 5) is 28.2. The minimum absolute atomic E-state index is 0.147. The Morgan fingerprint density at radius 3 is 2.91 bits per heavy atom. The Balaban J connectivity index is 1.90. The van der Waals surface area contributed by atoms with Gasteiger partial charge in [0.15, 0.2) is 10.8 Å². The van der Waals surface area contributed by atoms with Crippen molar-refractivity contribution >= 4 is 63.3 Å². The Morgan fingerprint density at radius 1 is 1.39 bits per heavy atom. The summed E-state index contributed by atoms with van der Waals surface area (Å²) in [7, 11) is 0. The van der Waals surface area contributed by atoms with Crippen LogP contribution in [0.4, 0.5) is 5.13 Å². The molecule has 0 bridgehead atoms. The van der Waals surface area contributed by atoms with Crippen molar-refractivity contribution in [1.82, 2.24) is 4.98 Å². The summed E-state index contributed by atoms with van der Waals surface area (Å²) in [5.41, 5.74) is 0.178. The summed E-state index contributed by atoms with van der Waals surface area (Å²) in [5, 5.41) is 5.59. The first-order chi connectivity index (χ1) is 11.0. The maximum Gasteiger partial charge on any atom is 0.357 e. The fourth-order valence-corrected chi connectivity index (χ4v) is 3.51. The van der Waals surface area contributed by atoms with E-state index in [-0.39, 0.29) is 24.0 Å². The van der Waals surface area contributed by atoms with Gasteiger partial charge in [-0.3, -0.25) is 4.79 Å². The minimum atomic E-state index is -0.510. The number of carbonyl (C=O) groups excluding carboxylic acids is 2. The van der Waals surface area contributed by atoms with Crippen LogP contribution < -0.4 is 5.32 Å². The van der Waals surface area contributed by atoms with Crippen LogP contribution in [0.15, 0.2) is 28.5 Å². The van der Waals surface area contributed by atoms with Crippen LogP contribution in [0.25, 0.3) is 0 Å². The topological polar surface area (TPSA) is 68.3 Å². The predicted octanol–water partition coefficient (Wildman–Crippen LogP) is 4.36. The number of nitrogens with zero attached hydrogens (tertiary/aromatic N) is 1. The minimum Gasteiger partial charge on any atom is -0.461 e. The molecule has 0 aliphatic heterocycles. The third-order valence-corrected chi connectivity index (χ3v) is 4.98. The van der Waals surface area contributed by atoms with Gasteiger partial charge in [0.2, 0.25) is 5.91 Å². The zero-order chi connectivity index (χ0) is 16.8. The van der Waals surface area contributed by atoms with Crippen LogP contribution in [0.1, 0.15) is 17.4 Å². The molecule has 23 heavy (non-hydrogen) atoms. The SMILES string of the molecule is CCOC(=O)c1csc(NC(=O)CSc2cc(Cl)ccc2Cl)n1. The van der Waals surface area contributed by atoms with Crippen molar-refractivity contribution in [2.45, 2.75) is 11.8 Å². The lowest BCUT2D eigenvalue weighted by atomic mass is 10.4. The maximum absolute atomic E-state index is 11.9. The maximum atomic E-state index is 11.9. The number of benzene rings is 1. The number of thiazole rings is 1. The molecule has 1 aromatic heterocycles. The number of aromatic nitrogens is 1. The first-order valence-corrected chi connectivity index (χ1v) is 9.12. The van der Waals surface area contributed by atoms with Crippen molar-refractivity contribution in [2.24, 2.45) is 0 Å². The van der Waals surface area contributed by atoms with Crippen LogP contribution in [-0.2, 0) is 9.53 Å². The summed E-state index contributed by atoms with van der Waals surface area (Å²) in [6, 6.07) is 5.06. The summed E-state index contributed by atoms with van der Waals surface area (Å²) < 4.78 is 4.84. The Labute approximate surface area is 151 Å². The molecular weight excluding hydrogens is 379 g/mol. The first kappa shape index (κ1) is 18.1. The number of ether oxygens (including phenoxy) is 1. The van der Waals surface area contributed by atoms with Crippen LogP contribution in [0.5, 0.6) is 0 Å². The number of nitrogens with one attached hydrogen (secondary N) is 1. The molecular formula is C14H12Cl2N2O3S2. The van der Waals surface area contributed by atoms with Crippen molar-refractivity contribution in [3.8, 4) is 0 Å². The number of rotatable bonds is 6. The van der Waals surface area contributed by atoms with E-state index in [0.717, 1.165) is 16.2 Å². The van der Waals surface area contributed by atoms with E-state index in [1.807, 2.05) is 0 Å². The zero-order valence-corrected chi connectivity index (χ0v) is 15.1. The van der Waals surface area contributed by atoms with Gasteiger partial charge in [-0.05, 0) is 25.1 Å². The quantitative estimate of drug-likeness (QED) is 0.586. The van der Waals surface area contributed by atoms with E-state index in [4.69, 9.17) is 27.9 Å². The largest absolute Gasteiger partial charge is 0.461 e. The van der Waals surface area contributed by atoms with Gasteiger partial charge in [-0.15, -0.1) is 23.1 Å². The van der Waals surface area contributed by atoms with Crippen molar-refractivity contribution in [2.75, 3.05) is 17.7 Å². The lowest BCUT2D eigenvalue weighted by Crippen LogP contribution is -2.14. The predicted molar refractivity (Wildman–Crippen MR) is 93.9 cm³/mol. The van der Waals surface area contributed by atoms with Gasteiger partial charge in [0, 0.05) is 15.3 Å². The van der Waals surface area contributed by atoms with Crippen LogP contribution in [-0.4, -0.2) is 29.2 Å². The molecule has 2 aromatic rings. The number of halogens is 2. The molecule has 0 spiro atoms. The fraction of sp³-hybridized carbons (Fsp3) is 0.214. The second-order valence-corrected chi connectivity index (χ2v) is 6.89. The third-order valence-electron chi connectivity index (χ3n) is 2.49. The van der Waals surface area contributed by atoms with Crippen molar-refractivity contribution in [3.63, 3.8) is 0 Å². The van der Waals surface area contributed by atoms with Gasteiger partial charge in [0.05, 0.1) is 17.4 Å². The Kier molecular flexibility index (Phi) is 6.71. The molecule has 0 saturated carbocycles. The Morgan fingerprint density at radius 2 is 2.17 bits per heavy atom. The van der Waals surface area contributed by atoms with E-state index < -0.39 is 5.97 Å². The molecule has 0 saturated heterocycles. The highest BCUT2D eigenvalue weighted by Crippen LogP contribution is 2.30. The highest BCUT2D eigenvalue weighted by atomic mass is 35.5. The molecule has 0 aliphatic carbocycles. The van der Waals surface area contributed by atoms with Gasteiger partial charge in [-0.1, -0.05) is 23.2 Å². The number of hydrogen-bond donors (Lipinski definition) is 1. The summed E-state index contributed by atoms with van der Waals surface area (Å²) >= 11 is 14.4. The Bertz CT molecular complexity index is 722. The molecule has 0 atom stereocenters. The lowest BCUT2D eigenvalue weighted by molar-refractivity contribution is -0.113. The molecule has 0 radical (unpaired) electrons. The summed E-state index contributed by atoms with van der Waals surface area (Å²) in [5.74, 6) is -0.617. The van der Waals surface area contributed by atoms with Crippen molar-refractivity contribution in [1.29, 1.82) is 0 Å². The smallest absolute Gasteiger partial charge is 0.357 e. The number of anilines is 1. The summed E-state index contributed by atoms with van der Waals surface area (Å²) in [6.07, 6.45) is 0. The van der Waals surface area contributed by atoms with Gasteiger partial charge >= 0.3 is 5.97 Å². The Hall–Kier alpha value is -1.28.